The topological polar surface area (TPSA) is 120 Å². The van der Waals surface area contributed by atoms with E-state index >= 15 is 0 Å². The number of hydrogen-bond acceptors (Lipinski definition) is 6. The quantitative estimate of drug-likeness (QED) is 0.352. The van der Waals surface area contributed by atoms with Crippen LogP contribution in [0.4, 0.5) is 35.3 Å². The van der Waals surface area contributed by atoms with E-state index in [1.807, 2.05) is 0 Å². The van der Waals surface area contributed by atoms with Crippen LogP contribution in [0.15, 0.2) is 67.1 Å². The van der Waals surface area contributed by atoms with Gasteiger partial charge in [-0.2, -0.15) is 18.2 Å². The number of nitrogens with one attached hydrogen (secondary N) is 2. The molecule has 0 saturated carbocycles. The molecule has 2 aromatic heterocycles. The van der Waals surface area contributed by atoms with Crippen molar-refractivity contribution >= 4 is 23.4 Å². The number of halogens is 3. The molecular formula is C23H20F3N7O2. The summed E-state index contributed by atoms with van der Waals surface area (Å²) in [6, 6.07) is 10.8. The Balaban J connectivity index is 1.42. The lowest BCUT2D eigenvalue weighted by atomic mass is 10.1. The number of urea groups is 1. The monoisotopic (exact) mass is 483 g/mol. The van der Waals surface area contributed by atoms with Gasteiger partial charge in [0.25, 0.3) is 0 Å². The summed E-state index contributed by atoms with van der Waals surface area (Å²) in [5.41, 5.74) is 5.14. The third-order valence-electron chi connectivity index (χ3n) is 4.92. The molecule has 0 aliphatic carbocycles. The molecule has 0 bridgehead atoms. The summed E-state index contributed by atoms with van der Waals surface area (Å²) in [7, 11) is 0. The number of rotatable bonds is 6. The van der Waals surface area contributed by atoms with E-state index in [4.69, 9.17) is 10.5 Å². The van der Waals surface area contributed by atoms with Crippen molar-refractivity contribution in [2.75, 3.05) is 16.4 Å². The van der Waals surface area contributed by atoms with Crippen molar-refractivity contribution in [1.29, 1.82) is 0 Å². The second kappa shape index (κ2) is 9.71. The number of nitrogens with two attached hydrogens (primary N) is 1. The fourth-order valence-corrected chi connectivity index (χ4v) is 3.24. The number of imidazole rings is 1. The van der Waals surface area contributed by atoms with E-state index in [9.17, 15) is 18.0 Å². The molecular weight excluding hydrogens is 463 g/mol. The first-order valence-corrected chi connectivity index (χ1v) is 10.3. The zero-order chi connectivity index (χ0) is 25.0. The average Bonchev–Trinajstić information content (AvgIpc) is 3.20. The Kier molecular flexibility index (Phi) is 6.53. The van der Waals surface area contributed by atoms with E-state index < -0.39 is 17.8 Å². The Hall–Kier alpha value is -4.61. The zero-order valence-electron chi connectivity index (χ0n) is 18.4. The summed E-state index contributed by atoms with van der Waals surface area (Å²) in [5.74, 6) is 1.35. The lowest BCUT2D eigenvalue weighted by molar-refractivity contribution is -0.138. The summed E-state index contributed by atoms with van der Waals surface area (Å²) in [6.45, 7) is 1.71. The van der Waals surface area contributed by atoms with E-state index in [2.05, 4.69) is 25.6 Å². The van der Waals surface area contributed by atoms with E-state index in [0.29, 0.717) is 17.3 Å². The molecule has 4 aromatic rings. The van der Waals surface area contributed by atoms with Gasteiger partial charge in [0, 0.05) is 42.6 Å². The van der Waals surface area contributed by atoms with Gasteiger partial charge in [-0.3, -0.25) is 0 Å². The second-order valence-corrected chi connectivity index (χ2v) is 7.43. The number of carbonyl (C=O) groups excluding carboxylic acids is 1. The van der Waals surface area contributed by atoms with Gasteiger partial charge in [-0.1, -0.05) is 6.07 Å². The van der Waals surface area contributed by atoms with Crippen molar-refractivity contribution < 1.29 is 22.7 Å². The van der Waals surface area contributed by atoms with Crippen LogP contribution >= 0.6 is 0 Å². The number of ether oxygens (including phenoxy) is 1. The Morgan fingerprint density at radius 2 is 1.74 bits per heavy atom. The fraction of sp³-hybridized carbons (Fsp3) is 0.130. The van der Waals surface area contributed by atoms with Gasteiger partial charge in [0.1, 0.15) is 11.6 Å². The molecule has 9 nitrogen and oxygen atoms in total. The van der Waals surface area contributed by atoms with Crippen molar-refractivity contribution in [3.05, 3.63) is 84.1 Å². The number of amides is 2. The molecule has 0 spiro atoms. The Morgan fingerprint density at radius 3 is 2.40 bits per heavy atom. The molecule has 2 aromatic carbocycles. The first-order valence-electron chi connectivity index (χ1n) is 10.3. The van der Waals surface area contributed by atoms with Crippen LogP contribution in [-0.4, -0.2) is 25.6 Å². The van der Waals surface area contributed by atoms with Gasteiger partial charge in [0.05, 0.1) is 5.56 Å². The number of nitrogen functional groups attached to an aromatic ring is 1. The van der Waals surface area contributed by atoms with Gasteiger partial charge in [0.2, 0.25) is 11.8 Å². The van der Waals surface area contributed by atoms with Crippen LogP contribution in [0.5, 0.6) is 11.6 Å². The highest BCUT2D eigenvalue weighted by Gasteiger charge is 2.33. The highest BCUT2D eigenvalue weighted by atomic mass is 19.4. The molecule has 180 valence electrons. The minimum Gasteiger partial charge on any atom is -0.439 e. The summed E-state index contributed by atoms with van der Waals surface area (Å²) in [4.78, 5) is 24.1. The Bertz CT molecular complexity index is 1340. The minimum absolute atomic E-state index is 0.00207. The van der Waals surface area contributed by atoms with E-state index in [1.54, 1.807) is 42.0 Å². The van der Waals surface area contributed by atoms with Gasteiger partial charge in [0.15, 0.2) is 0 Å². The molecule has 0 aliphatic rings. The molecule has 2 heterocycles. The predicted molar refractivity (Wildman–Crippen MR) is 123 cm³/mol. The van der Waals surface area contributed by atoms with Crippen molar-refractivity contribution in [1.82, 2.24) is 19.5 Å². The zero-order valence-corrected chi connectivity index (χ0v) is 18.4. The van der Waals surface area contributed by atoms with Crippen molar-refractivity contribution in [2.45, 2.75) is 19.6 Å². The molecule has 4 rings (SSSR count). The van der Waals surface area contributed by atoms with Gasteiger partial charge >= 0.3 is 12.2 Å². The van der Waals surface area contributed by atoms with Gasteiger partial charge < -0.3 is 25.7 Å². The van der Waals surface area contributed by atoms with E-state index in [-0.39, 0.29) is 29.6 Å². The lowest BCUT2D eigenvalue weighted by Crippen LogP contribution is -2.20. The number of carbonyl (C=O) groups is 1. The first-order chi connectivity index (χ1) is 16.7. The molecule has 0 radical (unpaired) electrons. The van der Waals surface area contributed by atoms with Gasteiger partial charge in [-0.25, -0.2) is 14.8 Å². The Labute approximate surface area is 197 Å². The number of aromatic nitrogens is 4. The molecule has 4 N–H and O–H groups in total. The van der Waals surface area contributed by atoms with Crippen molar-refractivity contribution in [3.63, 3.8) is 0 Å². The number of hydrogen-bond donors (Lipinski definition) is 3. The standard InChI is InChI=1S/C23H20F3N7O2/c1-14-28-10-11-33(14)13-15-2-3-17(12-19(15)23(24,25)26)31-22(34)30-16-4-6-18(7-5-16)35-20-8-9-29-21(27)32-20/h2-12H,13H2,1H3,(H2,27,29,32)(H2,30,31,34). The van der Waals surface area contributed by atoms with Crippen molar-refractivity contribution in [3.8, 4) is 11.6 Å². The number of alkyl halides is 3. The van der Waals surface area contributed by atoms with Gasteiger partial charge in [-0.05, 0) is 48.9 Å². The van der Waals surface area contributed by atoms with Gasteiger partial charge in [-0.15, -0.1) is 0 Å². The van der Waals surface area contributed by atoms with Crippen molar-refractivity contribution in [2.24, 2.45) is 0 Å². The molecule has 2 amide bonds. The maximum absolute atomic E-state index is 13.7. The molecule has 0 aliphatic heterocycles. The average molecular weight is 483 g/mol. The highest BCUT2D eigenvalue weighted by Crippen LogP contribution is 2.34. The van der Waals surface area contributed by atoms with Crippen LogP contribution < -0.4 is 21.1 Å². The van der Waals surface area contributed by atoms with Crippen LogP contribution in [0.1, 0.15) is 17.0 Å². The molecule has 35 heavy (non-hydrogen) atoms. The minimum atomic E-state index is -4.60. The van der Waals surface area contributed by atoms with Crippen LogP contribution in [0.2, 0.25) is 0 Å². The normalized spacial score (nSPS) is 11.2. The van der Waals surface area contributed by atoms with Crippen LogP contribution in [0.3, 0.4) is 0 Å². The largest absolute Gasteiger partial charge is 0.439 e. The number of aryl methyl sites for hydroxylation is 1. The SMILES string of the molecule is Cc1nccn1Cc1ccc(NC(=O)Nc2ccc(Oc3ccnc(N)n3)cc2)cc1C(F)(F)F. The summed E-state index contributed by atoms with van der Waals surface area (Å²) in [6.07, 6.45) is -0.0164. The smallest absolute Gasteiger partial charge is 0.416 e. The second-order valence-electron chi connectivity index (χ2n) is 7.43. The lowest BCUT2D eigenvalue weighted by Gasteiger charge is -2.16. The molecule has 0 atom stereocenters. The number of nitrogens with zero attached hydrogens (tertiary/aromatic N) is 4. The molecule has 0 saturated heterocycles. The first kappa shape index (κ1) is 23.5. The number of benzene rings is 2. The Morgan fingerprint density at radius 1 is 1.03 bits per heavy atom. The summed E-state index contributed by atoms with van der Waals surface area (Å²) in [5, 5.41) is 4.99. The maximum Gasteiger partial charge on any atom is 0.416 e. The third-order valence-corrected chi connectivity index (χ3v) is 4.92. The summed E-state index contributed by atoms with van der Waals surface area (Å²) >= 11 is 0. The van der Waals surface area contributed by atoms with E-state index in [1.165, 1.54) is 30.6 Å². The van der Waals surface area contributed by atoms with Crippen LogP contribution in [-0.2, 0) is 12.7 Å². The molecule has 0 unspecified atom stereocenters. The fourth-order valence-electron chi connectivity index (χ4n) is 3.24. The highest BCUT2D eigenvalue weighted by molar-refractivity contribution is 5.99. The third kappa shape index (κ3) is 6.05. The molecule has 12 heteroatoms. The predicted octanol–water partition coefficient (Wildman–Crippen LogP) is 5.07. The van der Waals surface area contributed by atoms with Crippen LogP contribution in [0, 0.1) is 6.92 Å². The number of anilines is 3. The molecule has 0 fully saturated rings. The van der Waals surface area contributed by atoms with E-state index in [0.717, 1.165) is 6.07 Å². The van der Waals surface area contributed by atoms with Crippen LogP contribution in [0.25, 0.3) is 0 Å². The summed E-state index contributed by atoms with van der Waals surface area (Å²) < 4.78 is 48.2. The maximum atomic E-state index is 13.7.